The third-order valence-electron chi connectivity index (χ3n) is 5.11. The van der Waals surface area contributed by atoms with Gasteiger partial charge in [0.05, 0.1) is 24.9 Å². The number of hydrogen-bond donors (Lipinski definition) is 3. The largest absolute Gasteiger partial charge is 0.378 e. The lowest BCUT2D eigenvalue weighted by Crippen LogP contribution is -2.39. The average Bonchev–Trinajstić information content (AvgIpc) is 3.07. The summed E-state index contributed by atoms with van der Waals surface area (Å²) in [6.45, 7) is 7.26. The Hall–Kier alpha value is -2.68. The molecule has 1 aliphatic carbocycles. The number of nitrogens with zero attached hydrogens (tertiary/aromatic N) is 3. The first kappa shape index (κ1) is 17.7. The van der Waals surface area contributed by atoms with E-state index in [-0.39, 0.29) is 28.6 Å². The highest BCUT2D eigenvalue weighted by atomic mass is 16.5. The Labute approximate surface area is 156 Å². The zero-order chi connectivity index (χ0) is 19.0. The molecule has 9 heteroatoms. The van der Waals surface area contributed by atoms with E-state index in [9.17, 15) is 9.59 Å². The lowest BCUT2D eigenvalue weighted by Gasteiger charge is -2.37. The molecule has 1 amide bonds. The van der Waals surface area contributed by atoms with E-state index in [1.807, 2.05) is 6.20 Å². The molecule has 27 heavy (non-hydrogen) atoms. The predicted octanol–water partition coefficient (Wildman–Crippen LogP) is 0.773. The Balaban J connectivity index is 1.60. The van der Waals surface area contributed by atoms with Crippen LogP contribution in [0.3, 0.4) is 0 Å². The van der Waals surface area contributed by atoms with Crippen LogP contribution in [-0.2, 0) is 11.2 Å². The van der Waals surface area contributed by atoms with Gasteiger partial charge >= 0.3 is 0 Å². The molecule has 1 fully saturated rings. The third kappa shape index (κ3) is 3.73. The number of aromatic nitrogens is 4. The summed E-state index contributed by atoms with van der Waals surface area (Å²) >= 11 is 0. The highest BCUT2D eigenvalue weighted by Gasteiger charge is 2.35. The normalized spacial score (nSPS) is 21.6. The molecule has 1 atom stereocenters. The van der Waals surface area contributed by atoms with Crippen LogP contribution in [0.25, 0.3) is 0 Å². The standard InChI is InChI=1S/C18H24N6O3/c1-18(2)8-13(20-16(26)12-7-15(25)23-22-12)11-10-19-17(21-14(11)9-18)24-3-5-27-6-4-24/h7,10,13H,3-6,8-9H2,1-2H3,(H,20,26)(H2,22,23,25)/t13-/m1/s1. The molecule has 144 valence electrons. The second kappa shape index (κ2) is 6.80. The minimum absolute atomic E-state index is 0.00681. The van der Waals surface area contributed by atoms with Gasteiger partial charge in [-0.3, -0.25) is 19.8 Å². The summed E-state index contributed by atoms with van der Waals surface area (Å²) in [5.41, 5.74) is 1.79. The number of H-pyrrole nitrogens is 2. The maximum absolute atomic E-state index is 12.5. The monoisotopic (exact) mass is 372 g/mol. The molecule has 0 spiro atoms. The van der Waals surface area contributed by atoms with Gasteiger partial charge in [0.25, 0.3) is 11.5 Å². The van der Waals surface area contributed by atoms with Gasteiger partial charge < -0.3 is 15.0 Å². The fourth-order valence-electron chi connectivity index (χ4n) is 3.77. The number of aromatic amines is 2. The number of carbonyl (C=O) groups is 1. The maximum atomic E-state index is 12.5. The molecule has 0 unspecified atom stereocenters. The van der Waals surface area contributed by atoms with Crippen molar-refractivity contribution < 1.29 is 9.53 Å². The number of carbonyl (C=O) groups excluding carboxylic acids is 1. The first-order chi connectivity index (χ1) is 12.9. The zero-order valence-corrected chi connectivity index (χ0v) is 15.5. The zero-order valence-electron chi connectivity index (χ0n) is 15.5. The number of nitrogens with one attached hydrogen (secondary N) is 3. The molecule has 3 heterocycles. The van der Waals surface area contributed by atoms with E-state index in [4.69, 9.17) is 9.72 Å². The molecule has 2 aliphatic rings. The molecule has 0 radical (unpaired) electrons. The van der Waals surface area contributed by atoms with Crippen LogP contribution in [0.15, 0.2) is 17.1 Å². The molecule has 9 nitrogen and oxygen atoms in total. The molecule has 4 rings (SSSR count). The second-order valence-electron chi connectivity index (χ2n) is 7.91. The van der Waals surface area contributed by atoms with Crippen molar-refractivity contribution in [1.82, 2.24) is 25.5 Å². The Morgan fingerprint density at radius 1 is 1.33 bits per heavy atom. The van der Waals surface area contributed by atoms with Gasteiger partial charge in [-0.15, -0.1) is 0 Å². The van der Waals surface area contributed by atoms with E-state index >= 15 is 0 Å². The van der Waals surface area contributed by atoms with Gasteiger partial charge in [0.2, 0.25) is 5.95 Å². The van der Waals surface area contributed by atoms with Crippen molar-refractivity contribution in [3.05, 3.63) is 39.6 Å². The molecule has 2 aromatic rings. The molecule has 1 aliphatic heterocycles. The van der Waals surface area contributed by atoms with Gasteiger partial charge in [-0.05, 0) is 18.3 Å². The summed E-state index contributed by atoms with van der Waals surface area (Å²) in [7, 11) is 0. The van der Waals surface area contributed by atoms with Crippen LogP contribution in [0.1, 0.15) is 48.1 Å². The maximum Gasteiger partial charge on any atom is 0.269 e. The van der Waals surface area contributed by atoms with Gasteiger partial charge in [0.15, 0.2) is 0 Å². The van der Waals surface area contributed by atoms with E-state index in [0.717, 1.165) is 43.1 Å². The quantitative estimate of drug-likeness (QED) is 0.733. The van der Waals surface area contributed by atoms with Crippen molar-refractivity contribution in [2.75, 3.05) is 31.2 Å². The summed E-state index contributed by atoms with van der Waals surface area (Å²) < 4.78 is 5.40. The van der Waals surface area contributed by atoms with E-state index in [2.05, 4.69) is 39.2 Å². The van der Waals surface area contributed by atoms with Crippen LogP contribution in [-0.4, -0.2) is 52.4 Å². The summed E-state index contributed by atoms with van der Waals surface area (Å²) in [5, 5.41) is 7.99. The Morgan fingerprint density at radius 2 is 2.11 bits per heavy atom. The van der Waals surface area contributed by atoms with Gasteiger partial charge in [-0.25, -0.2) is 9.97 Å². The van der Waals surface area contributed by atoms with Crippen LogP contribution >= 0.6 is 0 Å². The van der Waals surface area contributed by atoms with Crippen LogP contribution in [0, 0.1) is 5.41 Å². The second-order valence-corrected chi connectivity index (χ2v) is 7.91. The van der Waals surface area contributed by atoms with Crippen LogP contribution in [0.2, 0.25) is 0 Å². The van der Waals surface area contributed by atoms with Crippen molar-refractivity contribution in [1.29, 1.82) is 0 Å². The Morgan fingerprint density at radius 3 is 2.81 bits per heavy atom. The van der Waals surface area contributed by atoms with E-state index in [1.54, 1.807) is 0 Å². The first-order valence-corrected chi connectivity index (χ1v) is 9.18. The summed E-state index contributed by atoms with van der Waals surface area (Å²) in [6, 6.07) is 1.05. The Bertz CT molecular complexity index is 896. The summed E-state index contributed by atoms with van der Waals surface area (Å²) in [4.78, 5) is 35.3. The minimum atomic E-state index is -0.331. The van der Waals surface area contributed by atoms with Crippen molar-refractivity contribution in [2.45, 2.75) is 32.7 Å². The number of morpholine rings is 1. The minimum Gasteiger partial charge on any atom is -0.378 e. The van der Waals surface area contributed by atoms with Crippen molar-refractivity contribution in [2.24, 2.45) is 5.41 Å². The van der Waals surface area contributed by atoms with Gasteiger partial charge in [-0.2, -0.15) is 0 Å². The third-order valence-corrected chi connectivity index (χ3v) is 5.11. The fraction of sp³-hybridized carbons (Fsp3) is 0.556. The molecular formula is C18H24N6O3. The summed E-state index contributed by atoms with van der Waals surface area (Å²) in [5.74, 6) is 0.397. The van der Waals surface area contributed by atoms with Crippen LogP contribution < -0.4 is 15.8 Å². The molecule has 0 aromatic carbocycles. The molecule has 3 N–H and O–H groups in total. The highest BCUT2D eigenvalue weighted by molar-refractivity contribution is 5.92. The predicted molar refractivity (Wildman–Crippen MR) is 98.8 cm³/mol. The number of anilines is 1. The van der Waals surface area contributed by atoms with Crippen LogP contribution in [0.5, 0.6) is 0 Å². The van der Waals surface area contributed by atoms with E-state index in [0.29, 0.717) is 13.2 Å². The van der Waals surface area contributed by atoms with Crippen molar-refractivity contribution in [3.63, 3.8) is 0 Å². The molecule has 0 bridgehead atoms. The SMILES string of the molecule is CC1(C)Cc2nc(N3CCOCC3)ncc2[C@H](NC(=O)c2cc(=O)[nH][nH]2)C1. The number of rotatable bonds is 3. The highest BCUT2D eigenvalue weighted by Crippen LogP contribution is 2.40. The molecule has 2 aromatic heterocycles. The van der Waals surface area contributed by atoms with Gasteiger partial charge in [0, 0.05) is 30.9 Å². The average molecular weight is 372 g/mol. The van der Waals surface area contributed by atoms with Gasteiger partial charge in [-0.1, -0.05) is 13.8 Å². The number of fused-ring (bicyclic) bond motifs is 1. The number of amides is 1. The lowest BCUT2D eigenvalue weighted by atomic mass is 9.74. The lowest BCUT2D eigenvalue weighted by molar-refractivity contribution is 0.0913. The number of hydrogen-bond acceptors (Lipinski definition) is 6. The molecular weight excluding hydrogens is 348 g/mol. The van der Waals surface area contributed by atoms with Crippen LogP contribution in [0.4, 0.5) is 5.95 Å². The smallest absolute Gasteiger partial charge is 0.269 e. The molecule has 0 saturated carbocycles. The number of ether oxygens (including phenoxy) is 1. The summed E-state index contributed by atoms with van der Waals surface area (Å²) in [6.07, 6.45) is 3.43. The van der Waals surface area contributed by atoms with E-state index < -0.39 is 0 Å². The van der Waals surface area contributed by atoms with Crippen molar-refractivity contribution in [3.8, 4) is 0 Å². The van der Waals surface area contributed by atoms with Crippen molar-refractivity contribution >= 4 is 11.9 Å². The molecule has 1 saturated heterocycles. The van der Waals surface area contributed by atoms with Gasteiger partial charge in [0.1, 0.15) is 5.69 Å². The Kier molecular flexibility index (Phi) is 4.47. The fourth-order valence-corrected chi connectivity index (χ4v) is 3.77. The first-order valence-electron chi connectivity index (χ1n) is 9.18. The van der Waals surface area contributed by atoms with E-state index in [1.165, 1.54) is 6.07 Å². The topological polar surface area (TPSA) is 116 Å².